The number of carbonyl (C=O) groups excluding carboxylic acids is 1. The molecule has 4 rings (SSSR count). The summed E-state index contributed by atoms with van der Waals surface area (Å²) in [7, 11) is 2.04. The fourth-order valence-electron chi connectivity index (χ4n) is 5.37. The Balaban J connectivity index is 1.41. The number of nitrogens with one attached hydrogen (secondary N) is 1. The molecule has 0 aromatic carbocycles. The maximum Gasteiger partial charge on any atom is 0.229 e. The van der Waals surface area contributed by atoms with E-state index in [9.17, 15) is 4.79 Å². The lowest BCUT2D eigenvalue weighted by Crippen LogP contribution is -2.34. The maximum atomic E-state index is 12.8. The van der Waals surface area contributed by atoms with Crippen LogP contribution in [0.1, 0.15) is 51.4 Å². The second-order valence-corrected chi connectivity index (χ2v) is 8.94. The van der Waals surface area contributed by atoms with Crippen LogP contribution in [0.5, 0.6) is 0 Å². The van der Waals surface area contributed by atoms with Crippen molar-refractivity contribution in [3.05, 3.63) is 34.9 Å². The summed E-state index contributed by atoms with van der Waals surface area (Å²) < 4.78 is 5.61. The molecule has 0 aromatic heterocycles. The van der Waals surface area contributed by atoms with Crippen molar-refractivity contribution in [3.63, 3.8) is 0 Å². The number of fused-ring (bicyclic) bond motifs is 1. The van der Waals surface area contributed by atoms with Crippen molar-refractivity contribution in [2.24, 2.45) is 17.8 Å². The van der Waals surface area contributed by atoms with Crippen LogP contribution in [-0.4, -0.2) is 50.7 Å². The van der Waals surface area contributed by atoms with Gasteiger partial charge >= 0.3 is 0 Å². The molecular formula is C24H36N2O2. The Morgan fingerprint density at radius 2 is 2.07 bits per heavy atom. The van der Waals surface area contributed by atoms with Crippen LogP contribution in [0.2, 0.25) is 0 Å². The SMILES string of the molecule is CNCCCC(CC1=CC2=CCC(C(=O)N3CCCC3)C=C21)C1CCOCC1. The number of nitrogens with zero attached hydrogens (tertiary/aromatic N) is 1. The summed E-state index contributed by atoms with van der Waals surface area (Å²) in [5.41, 5.74) is 4.25. The zero-order chi connectivity index (χ0) is 19.3. The quantitative estimate of drug-likeness (QED) is 0.646. The molecule has 154 valence electrons. The molecule has 0 spiro atoms. The first-order valence-electron chi connectivity index (χ1n) is 11.4. The van der Waals surface area contributed by atoms with Crippen LogP contribution >= 0.6 is 0 Å². The summed E-state index contributed by atoms with van der Waals surface area (Å²) in [6.07, 6.45) is 16.3. The number of hydrogen-bond acceptors (Lipinski definition) is 3. The Hall–Kier alpha value is -1.39. The average molecular weight is 385 g/mol. The second-order valence-electron chi connectivity index (χ2n) is 8.94. The Morgan fingerprint density at radius 3 is 2.82 bits per heavy atom. The minimum absolute atomic E-state index is 0.0615. The summed E-state index contributed by atoms with van der Waals surface area (Å²) in [6, 6.07) is 0. The van der Waals surface area contributed by atoms with Gasteiger partial charge in [-0.25, -0.2) is 0 Å². The Morgan fingerprint density at radius 1 is 1.29 bits per heavy atom. The zero-order valence-corrected chi connectivity index (χ0v) is 17.4. The van der Waals surface area contributed by atoms with Crippen LogP contribution in [0.4, 0.5) is 0 Å². The van der Waals surface area contributed by atoms with Crippen LogP contribution in [0.15, 0.2) is 34.9 Å². The molecule has 1 amide bonds. The minimum Gasteiger partial charge on any atom is -0.381 e. The van der Waals surface area contributed by atoms with Gasteiger partial charge in [-0.1, -0.05) is 18.2 Å². The number of carbonyl (C=O) groups is 1. The molecule has 2 aliphatic carbocycles. The Labute approximate surface area is 170 Å². The normalized spacial score (nSPS) is 26.1. The highest BCUT2D eigenvalue weighted by molar-refractivity contribution is 5.83. The number of likely N-dealkylation sites (tertiary alicyclic amines) is 1. The molecule has 2 unspecified atom stereocenters. The van der Waals surface area contributed by atoms with Crippen LogP contribution in [-0.2, 0) is 9.53 Å². The van der Waals surface area contributed by atoms with Crippen LogP contribution < -0.4 is 5.32 Å². The van der Waals surface area contributed by atoms with Crippen molar-refractivity contribution in [2.75, 3.05) is 39.9 Å². The van der Waals surface area contributed by atoms with E-state index in [0.29, 0.717) is 5.91 Å². The van der Waals surface area contributed by atoms with E-state index in [1.165, 1.54) is 61.7 Å². The van der Waals surface area contributed by atoms with E-state index in [-0.39, 0.29) is 5.92 Å². The average Bonchev–Trinajstić information content (AvgIpc) is 3.26. The summed E-state index contributed by atoms with van der Waals surface area (Å²) in [5.74, 6) is 1.93. The van der Waals surface area contributed by atoms with E-state index in [0.717, 1.165) is 51.1 Å². The summed E-state index contributed by atoms with van der Waals surface area (Å²) >= 11 is 0. The highest BCUT2D eigenvalue weighted by Gasteiger charge is 2.33. The van der Waals surface area contributed by atoms with Gasteiger partial charge in [-0.3, -0.25) is 4.79 Å². The van der Waals surface area contributed by atoms with Gasteiger partial charge in [0.1, 0.15) is 0 Å². The van der Waals surface area contributed by atoms with Crippen molar-refractivity contribution >= 4 is 5.91 Å². The standard InChI is InChI=1S/C24H36N2O2/c1-25-10-4-5-19(18-8-13-28-14-9-18)15-22-16-20-6-7-21(17-23(20)22)24(27)26-11-2-3-12-26/h6,16-19,21,25H,2-5,7-15H2,1H3. The van der Waals surface area contributed by atoms with Crippen molar-refractivity contribution in [1.82, 2.24) is 10.2 Å². The summed E-state index contributed by atoms with van der Waals surface area (Å²) in [6.45, 7) is 4.85. The molecule has 2 saturated heterocycles. The van der Waals surface area contributed by atoms with Crippen molar-refractivity contribution in [1.29, 1.82) is 0 Å². The smallest absolute Gasteiger partial charge is 0.229 e. The molecule has 2 fully saturated rings. The van der Waals surface area contributed by atoms with E-state index in [2.05, 4.69) is 28.4 Å². The third-order valence-corrected chi connectivity index (χ3v) is 7.10. The Kier molecular flexibility index (Phi) is 6.69. The van der Waals surface area contributed by atoms with Gasteiger partial charge in [0.15, 0.2) is 0 Å². The van der Waals surface area contributed by atoms with Crippen LogP contribution in [0, 0.1) is 17.8 Å². The first-order chi connectivity index (χ1) is 13.8. The van der Waals surface area contributed by atoms with Gasteiger partial charge in [0, 0.05) is 26.3 Å². The van der Waals surface area contributed by atoms with Crippen molar-refractivity contribution < 1.29 is 9.53 Å². The van der Waals surface area contributed by atoms with Gasteiger partial charge in [-0.2, -0.15) is 0 Å². The predicted octanol–water partition coefficient (Wildman–Crippen LogP) is 3.85. The molecule has 0 bridgehead atoms. The van der Waals surface area contributed by atoms with Crippen molar-refractivity contribution in [3.8, 4) is 0 Å². The predicted molar refractivity (Wildman–Crippen MR) is 113 cm³/mol. The van der Waals surface area contributed by atoms with Gasteiger partial charge in [0.25, 0.3) is 0 Å². The number of rotatable bonds is 8. The van der Waals surface area contributed by atoms with Gasteiger partial charge < -0.3 is 15.0 Å². The minimum atomic E-state index is 0.0615. The van der Waals surface area contributed by atoms with Crippen LogP contribution in [0.25, 0.3) is 0 Å². The third-order valence-electron chi connectivity index (χ3n) is 7.10. The van der Waals surface area contributed by atoms with E-state index in [1.807, 2.05) is 7.05 Å². The topological polar surface area (TPSA) is 41.6 Å². The van der Waals surface area contributed by atoms with Gasteiger partial charge in [0.2, 0.25) is 5.91 Å². The molecule has 0 aromatic rings. The molecule has 0 saturated carbocycles. The lowest BCUT2D eigenvalue weighted by Gasteiger charge is -2.35. The van der Waals surface area contributed by atoms with Gasteiger partial charge in [-0.05, 0) is 93.5 Å². The first-order valence-corrected chi connectivity index (χ1v) is 11.4. The molecule has 0 radical (unpaired) electrons. The molecule has 2 heterocycles. The fraction of sp³-hybridized carbons (Fsp3) is 0.708. The number of hydrogen-bond donors (Lipinski definition) is 1. The molecule has 2 atom stereocenters. The highest BCUT2D eigenvalue weighted by atomic mass is 16.5. The first kappa shape index (κ1) is 19.9. The summed E-state index contributed by atoms with van der Waals surface area (Å²) in [5, 5.41) is 3.30. The number of allylic oxidation sites excluding steroid dienone is 5. The van der Waals surface area contributed by atoms with Gasteiger partial charge in [0.05, 0.1) is 5.92 Å². The van der Waals surface area contributed by atoms with Crippen molar-refractivity contribution in [2.45, 2.75) is 51.4 Å². The number of ether oxygens (including phenoxy) is 1. The van der Waals surface area contributed by atoms with E-state index in [1.54, 1.807) is 0 Å². The molecule has 28 heavy (non-hydrogen) atoms. The van der Waals surface area contributed by atoms with Crippen LogP contribution in [0.3, 0.4) is 0 Å². The highest BCUT2D eigenvalue weighted by Crippen LogP contribution is 2.44. The second kappa shape index (κ2) is 9.41. The Bertz CT molecular complexity index is 652. The molecular weight excluding hydrogens is 348 g/mol. The monoisotopic (exact) mass is 384 g/mol. The molecule has 1 N–H and O–H groups in total. The zero-order valence-electron chi connectivity index (χ0n) is 17.4. The lowest BCUT2D eigenvalue weighted by molar-refractivity contribution is -0.132. The molecule has 4 heteroatoms. The van der Waals surface area contributed by atoms with E-state index in [4.69, 9.17) is 4.74 Å². The fourth-order valence-corrected chi connectivity index (χ4v) is 5.37. The van der Waals surface area contributed by atoms with E-state index >= 15 is 0 Å². The maximum absolute atomic E-state index is 12.8. The molecule has 2 aliphatic heterocycles. The van der Waals surface area contributed by atoms with E-state index < -0.39 is 0 Å². The number of amides is 1. The third kappa shape index (κ3) is 4.44. The molecule has 4 aliphatic rings. The van der Waals surface area contributed by atoms with Gasteiger partial charge in [-0.15, -0.1) is 0 Å². The summed E-state index contributed by atoms with van der Waals surface area (Å²) in [4.78, 5) is 14.9. The molecule has 4 nitrogen and oxygen atoms in total. The lowest BCUT2D eigenvalue weighted by atomic mass is 9.71. The largest absolute Gasteiger partial charge is 0.381 e.